The average Bonchev–Trinajstić information content (AvgIpc) is 3.35. The second kappa shape index (κ2) is 41.5. The molecule has 0 radical (unpaired) electrons. The molecule has 0 bridgehead atoms. The van der Waals surface area contributed by atoms with E-state index in [9.17, 15) is 45.3 Å². The number of aliphatic hydroxyl groups excluding tert-OH is 7. The SMILES string of the molecule is CCCCC/C=C/C/C=C/C/C=C/C/C=C/CCCCCC(=O)O[C@H](COC(=O)CCCCCCCC=C=CCCCCCCC)CO[C@H]1O[C@@H](CO[C@H]2O[C@@H](CO)[C@@H](O)C(O)C2O)[C@@H](O)C(O)C1O. The van der Waals surface area contributed by atoms with Crippen molar-refractivity contribution in [2.24, 2.45) is 0 Å². The van der Waals surface area contributed by atoms with E-state index in [1.807, 2.05) is 0 Å². The molecule has 15 heteroatoms. The van der Waals surface area contributed by atoms with E-state index >= 15 is 0 Å². The number of hydrogen-bond acceptors (Lipinski definition) is 15. The minimum Gasteiger partial charge on any atom is -0.462 e. The molecule has 2 fully saturated rings. The molecule has 2 rings (SSSR count). The zero-order chi connectivity index (χ0) is 51.0. The highest BCUT2D eigenvalue weighted by atomic mass is 16.7. The predicted octanol–water partition coefficient (Wildman–Crippen LogP) is 7.81. The van der Waals surface area contributed by atoms with Gasteiger partial charge in [0.25, 0.3) is 0 Å². The first-order valence-corrected chi connectivity index (χ1v) is 26.6. The smallest absolute Gasteiger partial charge is 0.306 e. The van der Waals surface area contributed by atoms with Crippen LogP contribution in [0.4, 0.5) is 0 Å². The van der Waals surface area contributed by atoms with Crippen LogP contribution in [-0.4, -0.2) is 142 Å². The quantitative estimate of drug-likeness (QED) is 0.0134. The maximum absolute atomic E-state index is 13.0. The van der Waals surface area contributed by atoms with Crippen LogP contribution < -0.4 is 0 Å². The van der Waals surface area contributed by atoms with E-state index in [4.69, 9.17) is 28.4 Å². The van der Waals surface area contributed by atoms with Gasteiger partial charge in [-0.3, -0.25) is 9.59 Å². The highest BCUT2D eigenvalue weighted by molar-refractivity contribution is 5.70. The zero-order valence-corrected chi connectivity index (χ0v) is 42.5. The van der Waals surface area contributed by atoms with Crippen molar-refractivity contribution in [3.63, 3.8) is 0 Å². The van der Waals surface area contributed by atoms with Crippen LogP contribution in [0, 0.1) is 0 Å². The molecule has 7 N–H and O–H groups in total. The molecular formula is C55H92O15. The molecular weight excluding hydrogens is 901 g/mol. The van der Waals surface area contributed by atoms with Crippen LogP contribution in [0.1, 0.15) is 174 Å². The van der Waals surface area contributed by atoms with Crippen molar-refractivity contribution in [1.29, 1.82) is 0 Å². The van der Waals surface area contributed by atoms with Crippen molar-refractivity contribution in [2.75, 3.05) is 26.4 Å². The van der Waals surface area contributed by atoms with Crippen molar-refractivity contribution in [3.8, 4) is 0 Å². The third-order valence-electron chi connectivity index (χ3n) is 12.2. The van der Waals surface area contributed by atoms with Crippen molar-refractivity contribution in [2.45, 2.75) is 242 Å². The fourth-order valence-corrected chi connectivity index (χ4v) is 7.82. The highest BCUT2D eigenvalue weighted by Crippen LogP contribution is 2.26. The van der Waals surface area contributed by atoms with E-state index in [-0.39, 0.29) is 19.4 Å². The molecule has 0 aromatic rings. The van der Waals surface area contributed by atoms with Crippen molar-refractivity contribution in [3.05, 3.63) is 66.5 Å². The Morgan fingerprint density at radius 2 is 0.943 bits per heavy atom. The van der Waals surface area contributed by atoms with E-state index in [0.29, 0.717) is 12.8 Å². The number of esters is 2. The summed E-state index contributed by atoms with van der Waals surface area (Å²) >= 11 is 0. The standard InChI is InChI=1S/C55H92O15/c1-3-5-7-9-11-13-15-17-19-20-21-22-24-26-28-30-32-34-36-38-47(58)68-43(40-65-46(57)37-35-33-31-29-27-25-23-18-16-14-12-10-8-6-4-2)41-66-54-53(64)51(62)49(60)45(70-54)42-67-55-52(63)50(61)48(59)44(39-56)69-55/h11,13,16-17,19,21-23,26,28,43-45,48-56,59-64H,3-10,12,14-15,20,24-25,27,29-42H2,1-2H3/b13-11+,19-17+,22-21+,28-26+/t18?,43-,44+,45+,48-,49-,50?,51?,52?,53?,54+,55+/m1/s1. The fourth-order valence-electron chi connectivity index (χ4n) is 7.82. The molecule has 0 aromatic heterocycles. The van der Waals surface area contributed by atoms with Crippen molar-refractivity contribution < 1.29 is 73.8 Å². The van der Waals surface area contributed by atoms with Gasteiger partial charge < -0.3 is 64.2 Å². The Morgan fingerprint density at radius 1 is 0.500 bits per heavy atom. The lowest BCUT2D eigenvalue weighted by molar-refractivity contribution is -0.332. The first-order chi connectivity index (χ1) is 34.0. The Bertz CT molecular complexity index is 1510. The minimum atomic E-state index is -1.78. The Morgan fingerprint density at radius 3 is 1.53 bits per heavy atom. The lowest BCUT2D eigenvalue weighted by Gasteiger charge is -2.42. The van der Waals surface area contributed by atoms with Crippen LogP contribution in [0.15, 0.2) is 66.5 Å². The van der Waals surface area contributed by atoms with Crippen molar-refractivity contribution >= 4 is 11.9 Å². The second-order valence-corrected chi connectivity index (χ2v) is 18.4. The van der Waals surface area contributed by atoms with E-state index in [0.717, 1.165) is 83.5 Å². The topological polar surface area (TPSA) is 231 Å². The minimum absolute atomic E-state index is 0.120. The number of carbonyl (C=O) groups is 2. The molecule has 0 aromatic carbocycles. The molecule has 0 amide bonds. The molecule has 2 aliphatic rings. The summed E-state index contributed by atoms with van der Waals surface area (Å²) in [5.41, 5.74) is 3.29. The van der Waals surface area contributed by atoms with Gasteiger partial charge in [0, 0.05) is 12.8 Å². The molecule has 70 heavy (non-hydrogen) atoms. The normalized spacial score (nSPS) is 25.5. The lowest BCUT2D eigenvalue weighted by atomic mass is 9.98. The van der Waals surface area contributed by atoms with Crippen LogP contribution in [0.3, 0.4) is 0 Å². The zero-order valence-electron chi connectivity index (χ0n) is 42.5. The summed E-state index contributed by atoms with van der Waals surface area (Å²) in [7, 11) is 0. The average molecular weight is 993 g/mol. The van der Waals surface area contributed by atoms with Crippen LogP contribution in [0.2, 0.25) is 0 Å². The summed E-state index contributed by atoms with van der Waals surface area (Å²) in [5, 5.41) is 72.1. The molecule has 11 atom stereocenters. The molecule has 15 nitrogen and oxygen atoms in total. The summed E-state index contributed by atoms with van der Waals surface area (Å²) in [6.45, 7) is 2.48. The Labute approximate surface area is 419 Å². The summed E-state index contributed by atoms with van der Waals surface area (Å²) in [5.74, 6) is -0.986. The second-order valence-electron chi connectivity index (χ2n) is 18.4. The van der Waals surface area contributed by atoms with Crippen molar-refractivity contribution in [1.82, 2.24) is 0 Å². The van der Waals surface area contributed by atoms with E-state index in [1.165, 1.54) is 51.4 Å². The molecule has 2 saturated heterocycles. The maximum Gasteiger partial charge on any atom is 0.306 e. The number of unbranched alkanes of at least 4 members (excludes halogenated alkanes) is 16. The predicted molar refractivity (Wildman–Crippen MR) is 269 cm³/mol. The third-order valence-corrected chi connectivity index (χ3v) is 12.2. The van der Waals surface area contributed by atoms with Gasteiger partial charge in [0.2, 0.25) is 0 Å². The molecule has 0 aliphatic carbocycles. The molecule has 0 spiro atoms. The molecule has 0 saturated carbocycles. The van der Waals surface area contributed by atoms with E-state index in [1.54, 1.807) is 0 Å². The lowest BCUT2D eigenvalue weighted by Crippen LogP contribution is -2.61. The summed E-state index contributed by atoms with van der Waals surface area (Å²) in [4.78, 5) is 25.8. The van der Waals surface area contributed by atoms with Gasteiger partial charge in [-0.25, -0.2) is 0 Å². The fraction of sp³-hybridized carbons (Fsp3) is 0.764. The number of hydrogen-bond donors (Lipinski definition) is 7. The summed E-state index contributed by atoms with van der Waals surface area (Å²) in [6.07, 6.45) is 28.8. The van der Waals surface area contributed by atoms with Crippen LogP contribution in [0.25, 0.3) is 0 Å². The van der Waals surface area contributed by atoms with E-state index in [2.05, 4.69) is 80.3 Å². The van der Waals surface area contributed by atoms with Gasteiger partial charge in [0.15, 0.2) is 18.7 Å². The molecule has 2 aliphatic heterocycles. The first-order valence-electron chi connectivity index (χ1n) is 26.6. The number of allylic oxidation sites excluding steroid dienone is 9. The number of aliphatic hydroxyl groups is 7. The highest BCUT2D eigenvalue weighted by Gasteiger charge is 2.47. The number of carbonyl (C=O) groups excluding carboxylic acids is 2. The Kier molecular flexibility index (Phi) is 37.4. The summed E-state index contributed by atoms with van der Waals surface area (Å²) in [6, 6.07) is 0. The monoisotopic (exact) mass is 993 g/mol. The van der Waals surface area contributed by atoms with Gasteiger partial charge >= 0.3 is 11.9 Å². The number of ether oxygens (including phenoxy) is 6. The Balaban J connectivity index is 1.83. The van der Waals surface area contributed by atoms with Gasteiger partial charge in [-0.1, -0.05) is 127 Å². The van der Waals surface area contributed by atoms with Crippen LogP contribution in [-0.2, 0) is 38.0 Å². The molecule has 2 heterocycles. The number of rotatable bonds is 40. The molecule has 402 valence electrons. The largest absolute Gasteiger partial charge is 0.462 e. The first kappa shape index (κ1) is 63.1. The van der Waals surface area contributed by atoms with Gasteiger partial charge in [-0.05, 0) is 95.6 Å². The third kappa shape index (κ3) is 28.9. The van der Waals surface area contributed by atoms with Gasteiger partial charge in [-0.15, -0.1) is 5.73 Å². The maximum atomic E-state index is 13.0. The van der Waals surface area contributed by atoms with Crippen LogP contribution in [0.5, 0.6) is 0 Å². The van der Waals surface area contributed by atoms with Crippen LogP contribution >= 0.6 is 0 Å². The van der Waals surface area contributed by atoms with E-state index < -0.39 is 99.3 Å². The van der Waals surface area contributed by atoms with Gasteiger partial charge in [0.05, 0.1) is 19.8 Å². The molecule has 4 unspecified atom stereocenters. The van der Waals surface area contributed by atoms with Gasteiger partial charge in [-0.2, -0.15) is 0 Å². The van der Waals surface area contributed by atoms with Gasteiger partial charge in [0.1, 0.15) is 55.4 Å². The summed E-state index contributed by atoms with van der Waals surface area (Å²) < 4.78 is 33.5. The Hall–Kier alpha value is -3.02.